The first kappa shape index (κ1) is 86.9. The van der Waals surface area contributed by atoms with Crippen molar-refractivity contribution >= 4 is 71.6 Å². The zero-order valence-corrected chi connectivity index (χ0v) is 43.9. The fourth-order valence-electron chi connectivity index (χ4n) is 4.13. The monoisotopic (exact) mass is 1060 g/mol. The van der Waals surface area contributed by atoms with Gasteiger partial charge in [-0.05, 0) is 181 Å². The molecule has 0 aromatic rings. The van der Waals surface area contributed by atoms with Crippen molar-refractivity contribution in [3.63, 3.8) is 0 Å². The summed E-state index contributed by atoms with van der Waals surface area (Å²) in [6, 6.07) is 0. The van der Waals surface area contributed by atoms with Gasteiger partial charge in [0, 0.05) is 41.8 Å². The molecule has 0 aliphatic carbocycles. The Morgan fingerprint density at radius 1 is 0.227 bits per heavy atom. The van der Waals surface area contributed by atoms with Crippen LogP contribution in [0.1, 0.15) is 180 Å². The van der Waals surface area contributed by atoms with E-state index in [4.69, 9.17) is 40.1 Å². The molecule has 24 heteroatoms. The third-order valence-corrected chi connectivity index (χ3v) is 7.60. The summed E-state index contributed by atoms with van der Waals surface area (Å²) in [5.74, 6) is -6.76. The summed E-state index contributed by atoms with van der Waals surface area (Å²) in [7, 11) is 0. The number of rotatable bonds is 35. The van der Waals surface area contributed by atoms with Gasteiger partial charge in [-0.25, -0.2) is 0 Å². The fourth-order valence-corrected chi connectivity index (χ4v) is 4.13. The molecule has 0 heterocycles. The van der Waals surface area contributed by atoms with Gasteiger partial charge in [0.05, 0.1) is 0 Å². The molecule has 0 saturated heterocycles. The van der Waals surface area contributed by atoms with Gasteiger partial charge in [-0.3, -0.25) is 0 Å². The number of nitrogens with two attached hydrogens (primary N) is 7. The van der Waals surface area contributed by atoms with Crippen molar-refractivity contribution in [3.8, 4) is 0 Å². The first-order valence-electron chi connectivity index (χ1n) is 22.2. The van der Waals surface area contributed by atoms with Gasteiger partial charge in [0.15, 0.2) is 0 Å². The molecule has 0 aliphatic heterocycles. The standard InChI is InChI=1S/7C6H13NO2.Al.ClH.Zr/c7*7-5-3-1-2-4-6(8)9;;;/h7*1-5,7H2,(H,8,9);;1H;/q;;;;;;;+3;;+4/p-7. The van der Waals surface area contributed by atoms with E-state index in [0.29, 0.717) is 90.8 Å². The number of hydrogen-bond acceptors (Lipinski definition) is 21. The van der Waals surface area contributed by atoms with Crippen LogP contribution >= 0.6 is 12.4 Å². The van der Waals surface area contributed by atoms with Gasteiger partial charge in [0.1, 0.15) is 0 Å². The second-order valence-electron chi connectivity index (χ2n) is 13.8. The van der Waals surface area contributed by atoms with Gasteiger partial charge in [0.25, 0.3) is 0 Å². The first-order chi connectivity index (χ1) is 29.9. The van der Waals surface area contributed by atoms with E-state index < -0.39 is 41.8 Å². The normalized spacial score (nSPS) is 9.02. The minimum absolute atomic E-state index is 0. The summed E-state index contributed by atoms with van der Waals surface area (Å²) < 4.78 is 0. The summed E-state index contributed by atoms with van der Waals surface area (Å²) >= 11 is 0. The van der Waals surface area contributed by atoms with E-state index in [2.05, 4.69) is 0 Å². The second kappa shape index (κ2) is 82.8. The molecule has 0 aromatic heterocycles. The van der Waals surface area contributed by atoms with Crippen LogP contribution in [0.2, 0.25) is 0 Å². The van der Waals surface area contributed by atoms with Crippen molar-refractivity contribution in [1.82, 2.24) is 0 Å². The van der Waals surface area contributed by atoms with E-state index in [1.807, 2.05) is 0 Å². The Morgan fingerprint density at radius 3 is 0.379 bits per heavy atom. The van der Waals surface area contributed by atoms with Crippen LogP contribution in [0.4, 0.5) is 0 Å². The molecule has 0 spiro atoms. The van der Waals surface area contributed by atoms with Gasteiger partial charge >= 0.3 is 43.6 Å². The molecule has 0 aliphatic rings. The Balaban J connectivity index is -0.0000000688. The predicted molar refractivity (Wildman–Crippen MR) is 241 cm³/mol. The molecule has 14 N–H and O–H groups in total. The molecular weight excluding hydrogens is 980 g/mol. The first-order valence-corrected chi connectivity index (χ1v) is 22.2. The molecule has 0 bridgehead atoms. The Kier molecular flexibility index (Phi) is 109. The van der Waals surface area contributed by atoms with E-state index in [9.17, 15) is 69.3 Å². The van der Waals surface area contributed by atoms with Crippen molar-refractivity contribution in [3.05, 3.63) is 0 Å². The topological polar surface area (TPSA) is 463 Å². The number of carboxylic acid groups (broad SMARTS) is 7. The van der Waals surface area contributed by atoms with Crippen molar-refractivity contribution in [2.75, 3.05) is 45.8 Å². The number of carbonyl (C=O) groups excluding carboxylic acids is 7. The van der Waals surface area contributed by atoms with Crippen LogP contribution in [-0.2, 0) is 59.8 Å². The van der Waals surface area contributed by atoms with Gasteiger partial charge < -0.3 is 109 Å². The van der Waals surface area contributed by atoms with Crippen LogP contribution in [0.5, 0.6) is 0 Å². The van der Waals surface area contributed by atoms with E-state index in [1.165, 1.54) is 0 Å². The van der Waals surface area contributed by atoms with Crippen LogP contribution in [0, 0.1) is 0 Å². The minimum atomic E-state index is -0.966. The molecule has 386 valence electrons. The summed E-state index contributed by atoms with van der Waals surface area (Å²) in [6.45, 7) is 4.52. The average Bonchev–Trinajstić information content (AvgIpc) is 3.21. The van der Waals surface area contributed by atoms with Crippen LogP contribution in [0.3, 0.4) is 0 Å². The quantitative estimate of drug-likeness (QED) is 0.0230. The Hall–Kier alpha value is -2.28. The zero-order chi connectivity index (χ0) is 49.8. The summed E-state index contributed by atoms with van der Waals surface area (Å²) in [5.41, 5.74) is 36.3. The van der Waals surface area contributed by atoms with Gasteiger partial charge in [-0.15, -0.1) is 12.4 Å². The maximum absolute atomic E-state index is 9.82. The van der Waals surface area contributed by atoms with Crippen LogP contribution in [-0.4, -0.2) is 105 Å². The van der Waals surface area contributed by atoms with E-state index in [-0.39, 0.29) is 101 Å². The molecule has 0 radical (unpaired) electrons. The van der Waals surface area contributed by atoms with E-state index >= 15 is 0 Å². The molecule has 0 amide bonds. The van der Waals surface area contributed by atoms with Crippen LogP contribution in [0.15, 0.2) is 0 Å². The Morgan fingerprint density at radius 2 is 0.318 bits per heavy atom. The van der Waals surface area contributed by atoms with Crippen LogP contribution < -0.4 is 75.9 Å². The zero-order valence-electron chi connectivity index (χ0n) is 39.5. The number of halogens is 1. The smallest absolute Gasteiger partial charge is 0.550 e. The SMILES string of the molecule is Cl.NCCCCCC(=O)[O-].NCCCCCC(=O)[O-].NCCCCCC(=O)[O-].NCCCCCC(=O)[O-].NCCCCCC(=O)[O-].NCCCCCC(=O)[O-].NCCCCCC(=O)[O-].[Al+3].[Zr+4]. The molecule has 0 rings (SSSR count). The summed E-state index contributed by atoms with van der Waals surface area (Å²) in [5, 5.41) is 68.7. The third kappa shape index (κ3) is 144. The summed E-state index contributed by atoms with van der Waals surface area (Å²) in [4.78, 5) is 68.7. The summed E-state index contributed by atoms with van der Waals surface area (Å²) in [6.07, 6.45) is 18.6. The molecule has 0 atom stereocenters. The number of aliphatic carboxylic acids is 7. The maximum atomic E-state index is 9.82. The Bertz CT molecular complexity index is 820. The fraction of sp³-hybridized carbons (Fsp3) is 0.833. The third-order valence-electron chi connectivity index (χ3n) is 7.60. The molecule has 66 heavy (non-hydrogen) atoms. The van der Waals surface area contributed by atoms with Crippen molar-refractivity contribution in [1.29, 1.82) is 0 Å². The molecule has 0 fully saturated rings. The van der Waals surface area contributed by atoms with Gasteiger partial charge in [0.2, 0.25) is 0 Å². The van der Waals surface area contributed by atoms with Crippen LogP contribution in [0.25, 0.3) is 0 Å². The largest absolute Gasteiger partial charge is 4.00 e. The second-order valence-corrected chi connectivity index (χ2v) is 13.8. The molecule has 0 unspecified atom stereocenters. The van der Waals surface area contributed by atoms with E-state index in [0.717, 1.165) is 89.9 Å². The Labute approximate surface area is 430 Å². The van der Waals surface area contributed by atoms with Gasteiger partial charge in [-0.2, -0.15) is 0 Å². The number of hydrogen-bond donors (Lipinski definition) is 7. The maximum Gasteiger partial charge on any atom is 4.00 e. The number of unbranched alkanes of at least 4 members (excludes halogenated alkanes) is 14. The van der Waals surface area contributed by atoms with Crippen molar-refractivity contribution in [2.45, 2.75) is 180 Å². The number of carbonyl (C=O) groups is 7. The molecule has 0 aromatic carbocycles. The molecule has 21 nitrogen and oxygen atoms in total. The van der Waals surface area contributed by atoms with Crippen molar-refractivity contribution in [2.24, 2.45) is 40.1 Å². The molecule has 0 saturated carbocycles. The van der Waals surface area contributed by atoms with Crippen molar-refractivity contribution < 1.29 is 95.5 Å². The van der Waals surface area contributed by atoms with E-state index in [1.54, 1.807) is 0 Å². The number of carboxylic acids is 7. The van der Waals surface area contributed by atoms with Gasteiger partial charge in [-0.1, -0.05) is 44.9 Å². The minimum Gasteiger partial charge on any atom is -0.550 e. The predicted octanol–water partition coefficient (Wildman–Crippen LogP) is -5.17. The average molecular weight is 1070 g/mol. The molecular formula is C42H85AlClN7O14Zr.